The normalized spacial score (nSPS) is 15.4. The second kappa shape index (κ2) is 7.88. The molecule has 0 amide bonds. The van der Waals surface area contributed by atoms with Gasteiger partial charge in [-0.2, -0.15) is 0 Å². The van der Waals surface area contributed by atoms with Crippen molar-refractivity contribution < 1.29 is 9.47 Å². The molecule has 0 N–H and O–H groups in total. The van der Waals surface area contributed by atoms with Crippen LogP contribution in [0.4, 0.5) is 11.4 Å². The smallest absolute Gasteiger partial charge is 0.144 e. The fraction of sp³-hybridized carbons (Fsp3) is 0.348. The fourth-order valence-corrected chi connectivity index (χ4v) is 4.05. The third-order valence-electron chi connectivity index (χ3n) is 5.13. The van der Waals surface area contributed by atoms with Crippen LogP contribution in [0.2, 0.25) is 5.02 Å². The maximum atomic E-state index is 6.12. The van der Waals surface area contributed by atoms with E-state index in [-0.39, 0.29) is 5.54 Å². The summed E-state index contributed by atoms with van der Waals surface area (Å²) in [6.45, 7) is 9.71. The summed E-state index contributed by atoms with van der Waals surface area (Å²) in [4.78, 5) is 7.00. The molecule has 0 saturated carbocycles. The highest BCUT2D eigenvalue weighted by Gasteiger charge is 2.31. The maximum absolute atomic E-state index is 6.12. The minimum Gasteiger partial charge on any atom is -0.496 e. The lowest BCUT2D eigenvalue weighted by Gasteiger charge is -2.43. The van der Waals surface area contributed by atoms with Crippen molar-refractivity contribution >= 4 is 34.8 Å². The van der Waals surface area contributed by atoms with E-state index in [9.17, 15) is 0 Å². The van der Waals surface area contributed by atoms with Crippen molar-refractivity contribution in [2.24, 2.45) is 4.99 Å². The van der Waals surface area contributed by atoms with E-state index in [0.717, 1.165) is 17.9 Å². The average molecular weight is 399 g/mol. The van der Waals surface area contributed by atoms with E-state index in [1.54, 1.807) is 32.6 Å². The van der Waals surface area contributed by atoms with Gasteiger partial charge in [0.25, 0.3) is 0 Å². The topological polar surface area (TPSA) is 34.1 Å². The van der Waals surface area contributed by atoms with Crippen LogP contribution in [-0.4, -0.2) is 32.5 Å². The molecule has 4 nitrogen and oxygen atoms in total. The molecule has 2 aromatic carbocycles. The van der Waals surface area contributed by atoms with Gasteiger partial charge in [-0.3, -0.25) is 4.99 Å². The number of anilines is 1. The van der Waals surface area contributed by atoms with Gasteiger partial charge in [-0.25, -0.2) is 0 Å². The van der Waals surface area contributed by atoms with Gasteiger partial charge in [0.1, 0.15) is 17.2 Å². The number of aliphatic imine (C=N–C) groups is 1. The SMILES string of the molecule is CCN1c2cc(OC)c(C=Nc3cc(Cl)ccc3OC)cc2C(C)=CC1(C)C. The second-order valence-corrected chi connectivity index (χ2v) is 7.85. The first-order valence-electron chi connectivity index (χ1n) is 9.37. The molecule has 0 aromatic heterocycles. The molecule has 1 heterocycles. The zero-order chi connectivity index (χ0) is 20.5. The third kappa shape index (κ3) is 3.74. The highest BCUT2D eigenvalue weighted by atomic mass is 35.5. The summed E-state index contributed by atoms with van der Waals surface area (Å²) in [6, 6.07) is 9.63. The highest BCUT2D eigenvalue weighted by molar-refractivity contribution is 6.30. The van der Waals surface area contributed by atoms with Crippen LogP contribution in [0.5, 0.6) is 11.5 Å². The number of nitrogens with zero attached hydrogens (tertiary/aromatic N) is 2. The number of hydrogen-bond donors (Lipinski definition) is 0. The Labute approximate surface area is 172 Å². The molecule has 28 heavy (non-hydrogen) atoms. The molecule has 0 radical (unpaired) electrons. The summed E-state index contributed by atoms with van der Waals surface area (Å²) >= 11 is 6.12. The lowest BCUT2D eigenvalue weighted by molar-refractivity contribution is 0.413. The van der Waals surface area contributed by atoms with Gasteiger partial charge in [0.05, 0.1) is 19.8 Å². The van der Waals surface area contributed by atoms with Crippen molar-refractivity contribution in [1.82, 2.24) is 0 Å². The quantitative estimate of drug-likeness (QED) is 0.568. The minimum absolute atomic E-state index is 0.0411. The standard InChI is InChI=1S/C23H27ClN2O2/c1-7-26-20-12-22(28-6)16(10-18(20)15(2)13-23(26,3)4)14-25-19-11-17(24)8-9-21(19)27-5/h8-14H,7H2,1-6H3. The van der Waals surface area contributed by atoms with Crippen molar-refractivity contribution in [3.05, 3.63) is 52.6 Å². The Morgan fingerprint density at radius 2 is 1.82 bits per heavy atom. The predicted molar refractivity (Wildman–Crippen MR) is 119 cm³/mol. The molecule has 5 heteroatoms. The van der Waals surface area contributed by atoms with Crippen LogP contribution in [0.1, 0.15) is 38.8 Å². The number of halogens is 1. The molecule has 0 saturated heterocycles. The van der Waals surface area contributed by atoms with Crippen LogP contribution in [0.25, 0.3) is 5.57 Å². The Morgan fingerprint density at radius 1 is 1.11 bits per heavy atom. The Kier molecular flexibility index (Phi) is 5.71. The molecule has 0 bridgehead atoms. The monoisotopic (exact) mass is 398 g/mol. The molecule has 1 aliphatic heterocycles. The molecule has 1 aliphatic rings. The number of hydrogen-bond acceptors (Lipinski definition) is 4. The summed E-state index contributed by atoms with van der Waals surface area (Å²) < 4.78 is 11.1. The Morgan fingerprint density at radius 3 is 2.46 bits per heavy atom. The van der Waals surface area contributed by atoms with Gasteiger partial charge in [-0.15, -0.1) is 0 Å². The molecule has 2 aromatic rings. The van der Waals surface area contributed by atoms with Gasteiger partial charge in [0.2, 0.25) is 0 Å². The number of ether oxygens (including phenoxy) is 2. The maximum Gasteiger partial charge on any atom is 0.144 e. The predicted octanol–water partition coefficient (Wildman–Crippen LogP) is 6.13. The molecule has 0 unspecified atom stereocenters. The zero-order valence-corrected chi connectivity index (χ0v) is 18.1. The van der Waals surface area contributed by atoms with E-state index in [4.69, 9.17) is 21.1 Å². The lowest BCUT2D eigenvalue weighted by atomic mass is 9.88. The molecule has 0 fully saturated rings. The van der Waals surface area contributed by atoms with Crippen LogP contribution in [-0.2, 0) is 0 Å². The van der Waals surface area contributed by atoms with Crippen molar-refractivity contribution in [3.63, 3.8) is 0 Å². The number of likely N-dealkylation sites (N-methyl/N-ethyl adjacent to an activating group) is 1. The Hall–Kier alpha value is -2.46. The number of allylic oxidation sites excluding steroid dienone is 1. The average Bonchev–Trinajstić information content (AvgIpc) is 2.65. The number of fused-ring (bicyclic) bond motifs is 1. The first-order valence-corrected chi connectivity index (χ1v) is 9.75. The summed E-state index contributed by atoms with van der Waals surface area (Å²) in [5.41, 5.74) is 5.18. The molecule has 148 valence electrons. The van der Waals surface area contributed by atoms with Crippen LogP contribution in [0.3, 0.4) is 0 Å². The van der Waals surface area contributed by atoms with Crippen molar-refractivity contribution in [3.8, 4) is 11.5 Å². The third-order valence-corrected chi connectivity index (χ3v) is 5.36. The van der Waals surface area contributed by atoms with E-state index in [2.05, 4.69) is 55.8 Å². The Balaban J connectivity index is 2.09. The summed E-state index contributed by atoms with van der Waals surface area (Å²) in [7, 11) is 3.31. The molecular weight excluding hydrogens is 372 g/mol. The van der Waals surface area contributed by atoms with Crippen LogP contribution < -0.4 is 14.4 Å². The van der Waals surface area contributed by atoms with Crippen molar-refractivity contribution in [2.75, 3.05) is 25.7 Å². The second-order valence-electron chi connectivity index (χ2n) is 7.41. The zero-order valence-electron chi connectivity index (χ0n) is 17.3. The number of benzene rings is 2. The van der Waals surface area contributed by atoms with Crippen molar-refractivity contribution in [2.45, 2.75) is 33.2 Å². The van der Waals surface area contributed by atoms with Crippen molar-refractivity contribution in [1.29, 1.82) is 0 Å². The summed E-state index contributed by atoms with van der Waals surface area (Å²) in [5.74, 6) is 1.46. The summed E-state index contributed by atoms with van der Waals surface area (Å²) in [6.07, 6.45) is 4.11. The van der Waals surface area contributed by atoms with Crippen LogP contribution in [0, 0.1) is 0 Å². The van der Waals surface area contributed by atoms with E-state index in [1.807, 2.05) is 6.07 Å². The van der Waals surface area contributed by atoms with E-state index in [1.165, 1.54) is 16.8 Å². The van der Waals surface area contributed by atoms with E-state index >= 15 is 0 Å². The highest BCUT2D eigenvalue weighted by Crippen LogP contribution is 2.42. The van der Waals surface area contributed by atoms with E-state index in [0.29, 0.717) is 16.5 Å². The summed E-state index contributed by atoms with van der Waals surface area (Å²) in [5, 5.41) is 0.616. The number of rotatable bonds is 5. The Bertz CT molecular complexity index is 948. The lowest BCUT2D eigenvalue weighted by Crippen LogP contribution is -2.44. The van der Waals surface area contributed by atoms with Gasteiger partial charge < -0.3 is 14.4 Å². The number of methoxy groups -OCH3 is 2. The first kappa shape index (κ1) is 20.3. The van der Waals surface area contributed by atoms with E-state index < -0.39 is 0 Å². The first-order chi connectivity index (χ1) is 13.3. The molecule has 0 spiro atoms. The molecule has 0 aliphatic carbocycles. The van der Waals surface area contributed by atoms with Gasteiger partial charge in [-0.1, -0.05) is 17.7 Å². The largest absolute Gasteiger partial charge is 0.496 e. The van der Waals surface area contributed by atoms with Gasteiger partial charge in [-0.05, 0) is 57.5 Å². The van der Waals surface area contributed by atoms with Gasteiger partial charge >= 0.3 is 0 Å². The fourth-order valence-electron chi connectivity index (χ4n) is 3.88. The minimum atomic E-state index is -0.0411. The van der Waals surface area contributed by atoms with Gasteiger partial charge in [0.15, 0.2) is 0 Å². The molecule has 0 atom stereocenters. The van der Waals surface area contributed by atoms with Crippen LogP contribution in [0.15, 0.2) is 41.4 Å². The van der Waals surface area contributed by atoms with Gasteiger partial charge in [0, 0.05) is 40.7 Å². The molecular formula is C23H27ClN2O2. The molecule has 3 rings (SSSR count). The van der Waals surface area contributed by atoms with Crippen LogP contribution >= 0.6 is 11.6 Å².